The Morgan fingerprint density at radius 1 is 1.69 bits per heavy atom. The van der Waals surface area contributed by atoms with E-state index in [1.54, 1.807) is 11.3 Å². The van der Waals surface area contributed by atoms with Crippen LogP contribution in [0.5, 0.6) is 0 Å². The minimum absolute atomic E-state index is 0.0569. The molecule has 4 heteroatoms. The van der Waals surface area contributed by atoms with E-state index in [9.17, 15) is 0 Å². The average molecular weight is 262 g/mol. The molecule has 1 saturated heterocycles. The van der Waals surface area contributed by atoms with Crippen LogP contribution in [0.3, 0.4) is 0 Å². The molecule has 1 aliphatic heterocycles. The second-order valence-corrected chi connectivity index (χ2v) is 5.80. The van der Waals surface area contributed by atoms with Crippen molar-refractivity contribution in [1.29, 1.82) is 0 Å². The molecular formula is C9H12BrNOS. The van der Waals surface area contributed by atoms with Gasteiger partial charge < -0.3 is 10.1 Å². The largest absolute Gasteiger partial charge is 0.368 e. The second-order valence-electron chi connectivity index (χ2n) is 3.56. The van der Waals surface area contributed by atoms with Gasteiger partial charge in [0.1, 0.15) is 0 Å². The lowest BCUT2D eigenvalue weighted by atomic mass is 10.0. The molecule has 1 fully saturated rings. The molecule has 0 atom stereocenters. The zero-order chi connectivity index (χ0) is 9.31. The maximum atomic E-state index is 5.80. The van der Waals surface area contributed by atoms with Crippen molar-refractivity contribution >= 4 is 27.3 Å². The third-order valence-corrected chi connectivity index (χ3v) is 4.08. The van der Waals surface area contributed by atoms with E-state index < -0.39 is 0 Å². The molecular weight excluding hydrogens is 250 g/mol. The summed E-state index contributed by atoms with van der Waals surface area (Å²) in [6.45, 7) is 4.79. The van der Waals surface area contributed by atoms with E-state index in [4.69, 9.17) is 4.74 Å². The van der Waals surface area contributed by atoms with E-state index in [-0.39, 0.29) is 5.60 Å². The lowest BCUT2D eigenvalue weighted by Gasteiger charge is -2.39. The van der Waals surface area contributed by atoms with Gasteiger partial charge in [0, 0.05) is 18.7 Å². The Morgan fingerprint density at radius 3 is 2.92 bits per heavy atom. The highest BCUT2D eigenvalue weighted by molar-refractivity contribution is 9.11. The first-order chi connectivity index (χ1) is 6.20. The number of nitrogens with one attached hydrogen (secondary N) is 1. The molecule has 1 N–H and O–H groups in total. The number of ether oxygens (including phenoxy) is 1. The number of halogens is 1. The van der Waals surface area contributed by atoms with E-state index in [1.165, 1.54) is 9.35 Å². The maximum absolute atomic E-state index is 5.80. The van der Waals surface area contributed by atoms with Gasteiger partial charge in [-0.2, -0.15) is 0 Å². The van der Waals surface area contributed by atoms with Crippen LogP contribution in [-0.2, 0) is 11.3 Å². The third kappa shape index (κ3) is 2.13. The smallest absolute Gasteiger partial charge is 0.0906 e. The molecule has 0 radical (unpaired) electrons. The number of hydrogen-bond donors (Lipinski definition) is 1. The minimum atomic E-state index is 0.0569. The van der Waals surface area contributed by atoms with Gasteiger partial charge >= 0.3 is 0 Å². The van der Waals surface area contributed by atoms with Gasteiger partial charge in [-0.3, -0.25) is 0 Å². The summed E-state index contributed by atoms with van der Waals surface area (Å²) in [7, 11) is 0. The van der Waals surface area contributed by atoms with E-state index in [2.05, 4.69) is 39.6 Å². The molecule has 2 rings (SSSR count). The lowest BCUT2D eigenvalue weighted by Crippen LogP contribution is -2.58. The Morgan fingerprint density at radius 2 is 2.46 bits per heavy atom. The van der Waals surface area contributed by atoms with Gasteiger partial charge in [0.2, 0.25) is 0 Å². The van der Waals surface area contributed by atoms with Gasteiger partial charge in [-0.15, -0.1) is 11.3 Å². The molecule has 0 amide bonds. The predicted octanol–water partition coefficient (Wildman–Crippen LogP) is 2.39. The van der Waals surface area contributed by atoms with Gasteiger partial charge in [0.25, 0.3) is 0 Å². The molecule has 2 heterocycles. The van der Waals surface area contributed by atoms with Crippen molar-refractivity contribution in [3.63, 3.8) is 0 Å². The molecule has 1 aliphatic rings. The topological polar surface area (TPSA) is 21.3 Å². The molecule has 0 aliphatic carbocycles. The van der Waals surface area contributed by atoms with Crippen molar-refractivity contribution in [2.75, 3.05) is 13.1 Å². The van der Waals surface area contributed by atoms with Gasteiger partial charge in [0.05, 0.1) is 16.0 Å². The Balaban J connectivity index is 1.89. The Labute approximate surface area is 90.4 Å². The summed E-state index contributed by atoms with van der Waals surface area (Å²) < 4.78 is 6.99. The van der Waals surface area contributed by atoms with Crippen LogP contribution < -0.4 is 5.32 Å². The fraction of sp³-hybridized carbons (Fsp3) is 0.556. The minimum Gasteiger partial charge on any atom is -0.368 e. The van der Waals surface area contributed by atoms with Gasteiger partial charge in [-0.05, 0) is 34.3 Å². The van der Waals surface area contributed by atoms with Crippen molar-refractivity contribution in [1.82, 2.24) is 5.32 Å². The van der Waals surface area contributed by atoms with Crippen molar-refractivity contribution in [2.24, 2.45) is 0 Å². The highest BCUT2D eigenvalue weighted by Crippen LogP contribution is 2.26. The first kappa shape index (κ1) is 9.65. The van der Waals surface area contributed by atoms with Crippen molar-refractivity contribution < 1.29 is 4.74 Å². The Hall–Kier alpha value is 0.1000. The SMILES string of the molecule is CC1(OCc2ccsc2Br)CNC1. The monoisotopic (exact) mass is 261 g/mol. The molecule has 0 spiro atoms. The lowest BCUT2D eigenvalue weighted by molar-refractivity contribution is -0.0768. The predicted molar refractivity (Wildman–Crippen MR) is 58.1 cm³/mol. The fourth-order valence-corrected chi connectivity index (χ4v) is 2.45. The van der Waals surface area contributed by atoms with Gasteiger partial charge in [-0.25, -0.2) is 0 Å². The summed E-state index contributed by atoms with van der Waals surface area (Å²) in [6.07, 6.45) is 0. The number of rotatable bonds is 3. The number of hydrogen-bond acceptors (Lipinski definition) is 3. The normalized spacial score (nSPS) is 19.8. The van der Waals surface area contributed by atoms with Crippen LogP contribution in [0.1, 0.15) is 12.5 Å². The molecule has 72 valence electrons. The zero-order valence-corrected chi connectivity index (χ0v) is 9.87. The van der Waals surface area contributed by atoms with Crippen molar-refractivity contribution in [2.45, 2.75) is 19.1 Å². The molecule has 1 aromatic rings. The highest BCUT2D eigenvalue weighted by atomic mass is 79.9. The standard InChI is InChI=1S/C9H12BrNOS/c1-9(5-11-6-9)12-4-7-2-3-13-8(7)10/h2-3,11H,4-6H2,1H3. The summed E-state index contributed by atoms with van der Waals surface area (Å²) in [5, 5.41) is 5.29. The second kappa shape index (κ2) is 3.69. The first-order valence-electron chi connectivity index (χ1n) is 4.26. The van der Waals surface area contributed by atoms with Gasteiger partial charge in [0.15, 0.2) is 0 Å². The molecule has 0 unspecified atom stereocenters. The molecule has 0 aromatic carbocycles. The maximum Gasteiger partial charge on any atom is 0.0906 e. The number of thiophene rings is 1. The molecule has 1 aromatic heterocycles. The van der Waals surface area contributed by atoms with E-state index in [1.807, 2.05) is 0 Å². The summed E-state index contributed by atoms with van der Waals surface area (Å²) >= 11 is 5.20. The summed E-state index contributed by atoms with van der Waals surface area (Å²) in [5.74, 6) is 0. The Bertz CT molecular complexity index is 296. The van der Waals surface area contributed by atoms with Gasteiger partial charge in [-0.1, -0.05) is 0 Å². The van der Waals surface area contributed by atoms with Crippen molar-refractivity contribution in [3.05, 3.63) is 20.8 Å². The quantitative estimate of drug-likeness (QED) is 0.903. The van der Waals surface area contributed by atoms with Crippen LogP contribution in [0.2, 0.25) is 0 Å². The van der Waals surface area contributed by atoms with Crippen molar-refractivity contribution in [3.8, 4) is 0 Å². The van der Waals surface area contributed by atoms with Crippen LogP contribution in [0.25, 0.3) is 0 Å². The zero-order valence-electron chi connectivity index (χ0n) is 7.47. The molecule has 0 bridgehead atoms. The highest BCUT2D eigenvalue weighted by Gasteiger charge is 2.32. The summed E-state index contributed by atoms with van der Waals surface area (Å²) in [5.41, 5.74) is 1.31. The summed E-state index contributed by atoms with van der Waals surface area (Å²) in [4.78, 5) is 0. The first-order valence-corrected chi connectivity index (χ1v) is 5.93. The molecule has 13 heavy (non-hydrogen) atoms. The molecule has 0 saturated carbocycles. The van der Waals surface area contributed by atoms with Crippen LogP contribution in [0.15, 0.2) is 15.2 Å². The Kier molecular flexibility index (Phi) is 2.74. The third-order valence-electron chi connectivity index (χ3n) is 2.27. The molecule has 2 nitrogen and oxygen atoms in total. The van der Waals surface area contributed by atoms with E-state index in [0.717, 1.165) is 13.1 Å². The summed E-state index contributed by atoms with van der Waals surface area (Å²) in [6, 6.07) is 2.10. The van der Waals surface area contributed by atoms with E-state index >= 15 is 0 Å². The van der Waals surface area contributed by atoms with Crippen LogP contribution >= 0.6 is 27.3 Å². The van der Waals surface area contributed by atoms with E-state index in [0.29, 0.717) is 6.61 Å². The van der Waals surface area contributed by atoms with Crippen LogP contribution in [0, 0.1) is 0 Å². The average Bonchev–Trinajstić information content (AvgIpc) is 2.44. The van der Waals surface area contributed by atoms with Crippen LogP contribution in [0.4, 0.5) is 0 Å². The fourth-order valence-electron chi connectivity index (χ4n) is 1.25. The van der Waals surface area contributed by atoms with Crippen LogP contribution in [-0.4, -0.2) is 18.7 Å².